The minimum Gasteiger partial charge on any atom is -0.363 e. The molecule has 5 heteroatoms. The van der Waals surface area contributed by atoms with Crippen molar-refractivity contribution in [3.63, 3.8) is 0 Å². The Kier molecular flexibility index (Phi) is 3.58. The molecule has 0 fully saturated rings. The first-order valence-corrected chi connectivity index (χ1v) is 6.91. The number of aromatic nitrogens is 1. The number of nitrogens with one attached hydrogen (secondary N) is 2. The van der Waals surface area contributed by atoms with Gasteiger partial charge in [0.1, 0.15) is 5.82 Å². The monoisotopic (exact) mass is 282 g/mol. The number of anilines is 2. The molecule has 1 aliphatic rings. The van der Waals surface area contributed by atoms with Gasteiger partial charge in [-0.3, -0.25) is 4.79 Å². The number of amides is 1. The molecule has 0 saturated heterocycles. The van der Waals surface area contributed by atoms with Gasteiger partial charge in [-0.1, -0.05) is 6.07 Å². The molecule has 0 radical (unpaired) electrons. The van der Waals surface area contributed by atoms with Crippen molar-refractivity contribution in [2.45, 2.75) is 13.1 Å². The van der Waals surface area contributed by atoms with Crippen LogP contribution in [0, 0.1) is 0 Å². The maximum Gasteiger partial charge on any atom is 0.255 e. The number of benzene rings is 1. The van der Waals surface area contributed by atoms with E-state index in [2.05, 4.69) is 15.6 Å². The molecule has 2 N–H and O–H groups in total. The van der Waals surface area contributed by atoms with Crippen LogP contribution in [0.1, 0.15) is 21.5 Å². The van der Waals surface area contributed by atoms with Gasteiger partial charge in [-0.15, -0.1) is 0 Å². The Hall–Kier alpha value is -2.40. The summed E-state index contributed by atoms with van der Waals surface area (Å²) in [6.07, 6.45) is 1.67. The van der Waals surface area contributed by atoms with Crippen LogP contribution < -0.4 is 15.5 Å². The van der Waals surface area contributed by atoms with Gasteiger partial charge in [-0.2, -0.15) is 0 Å². The molecule has 0 aliphatic carbocycles. The minimum atomic E-state index is -0.107. The Morgan fingerprint density at radius 3 is 2.71 bits per heavy atom. The largest absolute Gasteiger partial charge is 0.363 e. The van der Waals surface area contributed by atoms with Gasteiger partial charge >= 0.3 is 0 Å². The van der Waals surface area contributed by atoms with Crippen LogP contribution in [0.2, 0.25) is 0 Å². The van der Waals surface area contributed by atoms with Crippen molar-refractivity contribution < 1.29 is 4.79 Å². The highest BCUT2D eigenvalue weighted by molar-refractivity contribution is 6.04. The quantitative estimate of drug-likeness (QED) is 0.904. The van der Waals surface area contributed by atoms with Crippen LogP contribution in [0.15, 0.2) is 36.5 Å². The van der Waals surface area contributed by atoms with Crippen LogP contribution in [-0.2, 0) is 13.1 Å². The highest BCUT2D eigenvalue weighted by Gasteiger charge is 2.13. The van der Waals surface area contributed by atoms with E-state index in [9.17, 15) is 4.79 Å². The second-order valence-corrected chi connectivity index (χ2v) is 5.34. The fourth-order valence-corrected chi connectivity index (χ4v) is 2.36. The average molecular weight is 282 g/mol. The number of pyridine rings is 1. The lowest BCUT2D eigenvalue weighted by Crippen LogP contribution is -2.14. The molecule has 2 heterocycles. The van der Waals surface area contributed by atoms with E-state index in [4.69, 9.17) is 0 Å². The molecule has 0 saturated carbocycles. The fourth-order valence-electron chi connectivity index (χ4n) is 2.36. The molecule has 2 aromatic rings. The van der Waals surface area contributed by atoms with Crippen molar-refractivity contribution in [3.05, 3.63) is 53.2 Å². The molecule has 21 heavy (non-hydrogen) atoms. The summed E-state index contributed by atoms with van der Waals surface area (Å²) in [5, 5.41) is 6.15. The maximum absolute atomic E-state index is 12.3. The summed E-state index contributed by atoms with van der Waals surface area (Å²) in [6.45, 7) is 1.71. The number of carbonyl (C=O) groups excluding carboxylic acids is 1. The number of rotatable bonds is 3. The Morgan fingerprint density at radius 2 is 2.00 bits per heavy atom. The summed E-state index contributed by atoms with van der Waals surface area (Å²) in [5.41, 5.74) is 3.84. The smallest absolute Gasteiger partial charge is 0.255 e. The molecule has 5 nitrogen and oxygen atoms in total. The first-order chi connectivity index (χ1) is 10.1. The van der Waals surface area contributed by atoms with E-state index in [-0.39, 0.29) is 5.91 Å². The first-order valence-electron chi connectivity index (χ1n) is 6.91. The van der Waals surface area contributed by atoms with Gasteiger partial charge in [0.05, 0.1) is 11.9 Å². The predicted molar refractivity (Wildman–Crippen MR) is 83.5 cm³/mol. The maximum atomic E-state index is 12.3. The normalized spacial score (nSPS) is 12.9. The van der Waals surface area contributed by atoms with Gasteiger partial charge in [-0.05, 0) is 35.4 Å². The van der Waals surface area contributed by atoms with Crippen molar-refractivity contribution in [1.29, 1.82) is 0 Å². The number of carbonyl (C=O) groups is 1. The fraction of sp³-hybridized carbons (Fsp3) is 0.250. The van der Waals surface area contributed by atoms with Crippen LogP contribution in [0.3, 0.4) is 0 Å². The third-order valence-electron chi connectivity index (χ3n) is 3.56. The molecular weight excluding hydrogens is 264 g/mol. The van der Waals surface area contributed by atoms with E-state index in [0.29, 0.717) is 11.3 Å². The lowest BCUT2D eigenvalue weighted by atomic mass is 10.1. The standard InChI is InChI=1S/C16H18N4O/c1-20(2)15-6-5-14(10-18-15)19-16(21)11-3-4-12-8-17-9-13(12)7-11/h3-7,10,17H,8-9H2,1-2H3,(H,19,21). The summed E-state index contributed by atoms with van der Waals surface area (Å²) >= 11 is 0. The van der Waals surface area contributed by atoms with Gasteiger partial charge in [0.25, 0.3) is 5.91 Å². The SMILES string of the molecule is CN(C)c1ccc(NC(=O)c2ccc3c(c2)CNC3)cn1. The van der Waals surface area contributed by atoms with Gasteiger partial charge in [0.15, 0.2) is 0 Å². The van der Waals surface area contributed by atoms with E-state index in [1.165, 1.54) is 11.1 Å². The summed E-state index contributed by atoms with van der Waals surface area (Å²) in [6, 6.07) is 9.56. The van der Waals surface area contributed by atoms with E-state index in [1.807, 2.05) is 49.3 Å². The lowest BCUT2D eigenvalue weighted by Gasteiger charge is -2.12. The zero-order valence-corrected chi connectivity index (χ0v) is 12.2. The first kappa shape index (κ1) is 13.6. The number of hydrogen-bond acceptors (Lipinski definition) is 4. The third-order valence-corrected chi connectivity index (χ3v) is 3.56. The molecule has 1 aliphatic heterocycles. The summed E-state index contributed by atoms with van der Waals surface area (Å²) in [7, 11) is 3.86. The molecular formula is C16H18N4O. The summed E-state index contributed by atoms with van der Waals surface area (Å²) < 4.78 is 0. The van der Waals surface area contributed by atoms with Crippen molar-refractivity contribution in [1.82, 2.24) is 10.3 Å². The molecule has 0 bridgehead atoms. The van der Waals surface area contributed by atoms with Crippen LogP contribution >= 0.6 is 0 Å². The van der Waals surface area contributed by atoms with Crippen LogP contribution in [0.4, 0.5) is 11.5 Å². The second kappa shape index (κ2) is 5.54. The van der Waals surface area contributed by atoms with Crippen molar-refractivity contribution in [2.24, 2.45) is 0 Å². The molecule has 3 rings (SSSR count). The van der Waals surface area contributed by atoms with Crippen molar-refractivity contribution >= 4 is 17.4 Å². The predicted octanol–water partition coefficient (Wildman–Crippen LogP) is 2.00. The zero-order valence-electron chi connectivity index (χ0n) is 12.2. The number of nitrogens with zero attached hydrogens (tertiary/aromatic N) is 2. The summed E-state index contributed by atoms with van der Waals surface area (Å²) in [4.78, 5) is 18.5. The van der Waals surface area contributed by atoms with Gasteiger partial charge in [0, 0.05) is 32.7 Å². The second-order valence-electron chi connectivity index (χ2n) is 5.34. The highest BCUT2D eigenvalue weighted by Crippen LogP contribution is 2.18. The van der Waals surface area contributed by atoms with Gasteiger partial charge < -0.3 is 15.5 Å². The van der Waals surface area contributed by atoms with Crippen LogP contribution in [0.5, 0.6) is 0 Å². The van der Waals surface area contributed by atoms with Crippen LogP contribution in [-0.4, -0.2) is 25.0 Å². The number of fused-ring (bicyclic) bond motifs is 1. The topological polar surface area (TPSA) is 57.3 Å². The highest BCUT2D eigenvalue weighted by atomic mass is 16.1. The van der Waals surface area contributed by atoms with Crippen molar-refractivity contribution in [3.8, 4) is 0 Å². The average Bonchev–Trinajstić information content (AvgIpc) is 2.95. The molecule has 1 aromatic carbocycles. The Bertz CT molecular complexity index is 664. The molecule has 108 valence electrons. The van der Waals surface area contributed by atoms with Gasteiger partial charge in [0.2, 0.25) is 0 Å². The lowest BCUT2D eigenvalue weighted by molar-refractivity contribution is 0.102. The zero-order chi connectivity index (χ0) is 14.8. The minimum absolute atomic E-state index is 0.107. The Morgan fingerprint density at radius 1 is 1.19 bits per heavy atom. The molecule has 0 unspecified atom stereocenters. The van der Waals surface area contributed by atoms with E-state index in [0.717, 1.165) is 18.9 Å². The Balaban J connectivity index is 1.74. The Labute approximate surface area is 124 Å². The third kappa shape index (κ3) is 2.87. The molecule has 1 amide bonds. The van der Waals surface area contributed by atoms with Crippen LogP contribution in [0.25, 0.3) is 0 Å². The molecule has 0 atom stereocenters. The van der Waals surface area contributed by atoms with Crippen molar-refractivity contribution in [2.75, 3.05) is 24.3 Å². The molecule has 1 aromatic heterocycles. The number of hydrogen-bond donors (Lipinski definition) is 2. The summed E-state index contributed by atoms with van der Waals surface area (Å²) in [5.74, 6) is 0.751. The van der Waals surface area contributed by atoms with E-state index in [1.54, 1.807) is 6.20 Å². The van der Waals surface area contributed by atoms with E-state index >= 15 is 0 Å². The van der Waals surface area contributed by atoms with Gasteiger partial charge in [-0.25, -0.2) is 4.98 Å². The molecule has 0 spiro atoms. The van der Waals surface area contributed by atoms with E-state index < -0.39 is 0 Å².